The molecule has 2 N–H and O–H groups in total. The van der Waals surface area contributed by atoms with Gasteiger partial charge in [-0.05, 0) is 38.4 Å². The Balaban J connectivity index is 2.97. The molecule has 18 heavy (non-hydrogen) atoms. The van der Waals surface area contributed by atoms with Crippen LogP contribution in [-0.4, -0.2) is 30.4 Å². The highest BCUT2D eigenvalue weighted by atomic mass is 16.2. The minimum Gasteiger partial charge on any atom is -0.335 e. The Hall–Kier alpha value is -1.61. The van der Waals surface area contributed by atoms with E-state index >= 15 is 0 Å². The van der Waals surface area contributed by atoms with Crippen molar-refractivity contribution in [3.05, 3.63) is 47.5 Å². The molecule has 0 aliphatic rings. The summed E-state index contributed by atoms with van der Waals surface area (Å²) >= 11 is 0. The summed E-state index contributed by atoms with van der Waals surface area (Å²) in [4.78, 5) is 14.3. The van der Waals surface area contributed by atoms with Gasteiger partial charge in [-0.2, -0.15) is 0 Å². The Morgan fingerprint density at radius 3 is 2.61 bits per heavy atom. The van der Waals surface area contributed by atoms with E-state index in [1.54, 1.807) is 4.90 Å². The predicted molar refractivity (Wildman–Crippen MR) is 75.6 cm³/mol. The van der Waals surface area contributed by atoms with Crippen molar-refractivity contribution in [3.63, 3.8) is 0 Å². The number of carbonyl (C=O) groups is 1. The molecule has 0 fully saturated rings. The van der Waals surface area contributed by atoms with Gasteiger partial charge in [-0.1, -0.05) is 30.4 Å². The van der Waals surface area contributed by atoms with Crippen LogP contribution in [0.5, 0.6) is 0 Å². The minimum absolute atomic E-state index is 0.0598. The molecule has 0 heterocycles. The number of hydrogen-bond donors (Lipinski definition) is 1. The molecule has 1 amide bonds. The largest absolute Gasteiger partial charge is 0.335 e. The Morgan fingerprint density at radius 1 is 1.39 bits per heavy atom. The molecule has 0 atom stereocenters. The summed E-state index contributed by atoms with van der Waals surface area (Å²) in [5.74, 6) is 0.0598. The first-order valence-electron chi connectivity index (χ1n) is 6.31. The van der Waals surface area contributed by atoms with E-state index in [-0.39, 0.29) is 5.91 Å². The van der Waals surface area contributed by atoms with Crippen molar-refractivity contribution in [1.82, 2.24) is 4.90 Å². The molecule has 0 radical (unpaired) electrons. The molecule has 98 valence electrons. The lowest BCUT2D eigenvalue weighted by Crippen LogP contribution is -2.33. The smallest absolute Gasteiger partial charge is 0.254 e. The highest BCUT2D eigenvalue weighted by Crippen LogP contribution is 2.13. The number of hydrogen-bond acceptors (Lipinski definition) is 2. The van der Waals surface area contributed by atoms with Crippen LogP contribution in [0.4, 0.5) is 0 Å². The molecule has 0 saturated heterocycles. The Kier molecular flexibility index (Phi) is 5.59. The number of nitrogens with zero attached hydrogens (tertiary/aromatic N) is 1. The van der Waals surface area contributed by atoms with Gasteiger partial charge in [-0.25, -0.2) is 0 Å². The van der Waals surface area contributed by atoms with Crippen LogP contribution in [-0.2, 0) is 6.42 Å². The third-order valence-corrected chi connectivity index (χ3v) is 2.79. The van der Waals surface area contributed by atoms with E-state index in [2.05, 4.69) is 6.58 Å². The lowest BCUT2D eigenvalue weighted by molar-refractivity contribution is 0.0777. The number of benzene rings is 1. The van der Waals surface area contributed by atoms with E-state index in [0.717, 1.165) is 23.1 Å². The number of amides is 1. The fourth-order valence-corrected chi connectivity index (χ4v) is 1.93. The maximum atomic E-state index is 12.5. The van der Waals surface area contributed by atoms with Crippen molar-refractivity contribution in [2.45, 2.75) is 20.3 Å². The monoisotopic (exact) mass is 246 g/mol. The van der Waals surface area contributed by atoms with E-state index in [1.165, 1.54) is 0 Å². The molecule has 0 bridgehead atoms. The molecule has 0 unspecified atom stereocenters. The fraction of sp³-hybridized carbons (Fsp3) is 0.400. The summed E-state index contributed by atoms with van der Waals surface area (Å²) in [6.45, 7) is 9.61. The van der Waals surface area contributed by atoms with Gasteiger partial charge >= 0.3 is 0 Å². The molecule has 3 heteroatoms. The molecule has 3 nitrogen and oxygen atoms in total. The summed E-state index contributed by atoms with van der Waals surface area (Å²) in [5, 5.41) is 0. The number of likely N-dealkylation sites (N-methyl/N-ethyl adjacent to an activating group) is 1. The maximum absolute atomic E-state index is 12.5. The van der Waals surface area contributed by atoms with Crippen molar-refractivity contribution in [2.75, 3.05) is 19.6 Å². The minimum atomic E-state index is 0.0598. The second-order valence-electron chi connectivity index (χ2n) is 4.47. The van der Waals surface area contributed by atoms with Gasteiger partial charge in [0.1, 0.15) is 0 Å². The average Bonchev–Trinajstić information content (AvgIpc) is 2.36. The van der Waals surface area contributed by atoms with Crippen molar-refractivity contribution in [3.8, 4) is 0 Å². The molecule has 0 saturated carbocycles. The second kappa shape index (κ2) is 6.97. The van der Waals surface area contributed by atoms with Crippen molar-refractivity contribution < 1.29 is 4.79 Å². The van der Waals surface area contributed by atoms with E-state index in [9.17, 15) is 4.79 Å². The summed E-state index contributed by atoms with van der Waals surface area (Å²) < 4.78 is 0. The van der Waals surface area contributed by atoms with Gasteiger partial charge < -0.3 is 10.6 Å². The first-order valence-corrected chi connectivity index (χ1v) is 6.31. The van der Waals surface area contributed by atoms with Crippen LogP contribution in [0.1, 0.15) is 29.8 Å². The second-order valence-corrected chi connectivity index (χ2v) is 4.47. The molecule has 1 aromatic carbocycles. The van der Waals surface area contributed by atoms with Crippen LogP contribution in [0.2, 0.25) is 0 Å². The Bertz CT molecular complexity index is 426. The molecule has 1 rings (SSSR count). The van der Waals surface area contributed by atoms with E-state index < -0.39 is 0 Å². The highest BCUT2D eigenvalue weighted by molar-refractivity contribution is 5.95. The van der Waals surface area contributed by atoms with Crippen LogP contribution in [0.25, 0.3) is 0 Å². The quantitative estimate of drug-likeness (QED) is 0.782. The van der Waals surface area contributed by atoms with E-state index in [4.69, 9.17) is 5.73 Å². The molecule has 0 aromatic heterocycles. The van der Waals surface area contributed by atoms with Gasteiger partial charge in [0, 0.05) is 18.7 Å². The Morgan fingerprint density at radius 2 is 2.06 bits per heavy atom. The van der Waals surface area contributed by atoms with Gasteiger partial charge in [0.15, 0.2) is 0 Å². The summed E-state index contributed by atoms with van der Waals surface area (Å²) in [7, 11) is 0. The van der Waals surface area contributed by atoms with Crippen LogP contribution in [0.15, 0.2) is 36.4 Å². The predicted octanol–water partition coefficient (Wildman–Crippen LogP) is 2.23. The SMILES string of the molecule is C=C(C)CN(CC)C(=O)c1ccccc1CCN. The first-order chi connectivity index (χ1) is 8.60. The summed E-state index contributed by atoms with van der Waals surface area (Å²) in [6.07, 6.45) is 0.729. The summed E-state index contributed by atoms with van der Waals surface area (Å²) in [6, 6.07) is 7.67. The molecule has 0 spiro atoms. The van der Waals surface area contributed by atoms with Gasteiger partial charge in [0.2, 0.25) is 0 Å². The lowest BCUT2D eigenvalue weighted by Gasteiger charge is -2.22. The zero-order valence-electron chi connectivity index (χ0n) is 11.3. The first kappa shape index (κ1) is 14.5. The molecule has 0 aliphatic carbocycles. The maximum Gasteiger partial charge on any atom is 0.254 e. The van der Waals surface area contributed by atoms with Crippen molar-refractivity contribution in [2.24, 2.45) is 5.73 Å². The number of carbonyl (C=O) groups excluding carboxylic acids is 1. The Labute approximate surface area is 109 Å². The van der Waals surface area contributed by atoms with Crippen LogP contribution >= 0.6 is 0 Å². The van der Waals surface area contributed by atoms with Gasteiger partial charge in [-0.15, -0.1) is 0 Å². The van der Waals surface area contributed by atoms with Crippen molar-refractivity contribution >= 4 is 5.91 Å². The van der Waals surface area contributed by atoms with Gasteiger partial charge in [-0.3, -0.25) is 4.79 Å². The van der Waals surface area contributed by atoms with Crippen LogP contribution < -0.4 is 5.73 Å². The van der Waals surface area contributed by atoms with Gasteiger partial charge in [0.05, 0.1) is 0 Å². The van der Waals surface area contributed by atoms with Crippen molar-refractivity contribution in [1.29, 1.82) is 0 Å². The third kappa shape index (κ3) is 3.70. The van der Waals surface area contributed by atoms with Gasteiger partial charge in [0.25, 0.3) is 5.91 Å². The van der Waals surface area contributed by atoms with E-state index in [0.29, 0.717) is 19.6 Å². The van der Waals surface area contributed by atoms with E-state index in [1.807, 2.05) is 38.1 Å². The van der Waals surface area contributed by atoms with Crippen LogP contribution in [0.3, 0.4) is 0 Å². The normalized spacial score (nSPS) is 10.2. The molecule has 1 aromatic rings. The van der Waals surface area contributed by atoms with Crippen LogP contribution in [0, 0.1) is 0 Å². The third-order valence-electron chi connectivity index (χ3n) is 2.79. The fourth-order valence-electron chi connectivity index (χ4n) is 1.93. The topological polar surface area (TPSA) is 46.3 Å². The number of rotatable bonds is 6. The zero-order chi connectivity index (χ0) is 13.5. The highest BCUT2D eigenvalue weighted by Gasteiger charge is 2.16. The summed E-state index contributed by atoms with van der Waals surface area (Å²) in [5.41, 5.74) is 8.34. The number of nitrogens with two attached hydrogens (primary N) is 1. The average molecular weight is 246 g/mol. The zero-order valence-corrected chi connectivity index (χ0v) is 11.3. The molecular formula is C15H22N2O. The molecule has 0 aliphatic heterocycles. The lowest BCUT2D eigenvalue weighted by atomic mass is 10.0. The molecular weight excluding hydrogens is 224 g/mol. The standard InChI is InChI=1S/C15H22N2O/c1-4-17(11-12(2)3)15(18)14-8-6-5-7-13(14)9-10-16/h5-8H,2,4,9-11,16H2,1,3H3.